The van der Waals surface area contributed by atoms with Crippen molar-refractivity contribution in [2.45, 2.75) is 13.0 Å². The summed E-state index contributed by atoms with van der Waals surface area (Å²) >= 11 is 0. The molecular weight excluding hydrogens is 168 g/mol. The number of rotatable bonds is 4. The van der Waals surface area contributed by atoms with Crippen LogP contribution >= 0.6 is 0 Å². The van der Waals surface area contributed by atoms with Crippen LogP contribution in [-0.2, 0) is 0 Å². The molecule has 1 rings (SSSR count). The minimum atomic E-state index is -2.25. The molecule has 0 bridgehead atoms. The van der Waals surface area contributed by atoms with Gasteiger partial charge in [-0.3, -0.25) is 0 Å². The molecule has 1 aromatic carbocycles. The van der Waals surface area contributed by atoms with Gasteiger partial charge in [-0.05, 0) is 18.5 Å². The van der Waals surface area contributed by atoms with Crippen molar-refractivity contribution in [3.8, 4) is 5.75 Å². The van der Waals surface area contributed by atoms with E-state index in [-0.39, 0.29) is 17.9 Å². The Morgan fingerprint density at radius 3 is 3.00 bits per heavy atom. The second-order valence-corrected chi connectivity index (χ2v) is 2.64. The van der Waals surface area contributed by atoms with Crippen molar-refractivity contribution in [2.24, 2.45) is 0 Å². The van der Waals surface area contributed by atoms with Crippen LogP contribution in [0.15, 0.2) is 24.3 Å². The number of para-hydroxylation sites is 1. The molecule has 0 saturated carbocycles. The van der Waals surface area contributed by atoms with Crippen LogP contribution in [0.1, 0.15) is 9.68 Å². The minimum Gasteiger partial charge on any atom is -0.491 e. The topological polar surface area (TPSA) is 49.7 Å². The van der Waals surface area contributed by atoms with Gasteiger partial charge in [0.1, 0.15) is 18.5 Å². The number of benzene rings is 1. The fourth-order valence-corrected chi connectivity index (χ4v) is 0.831. The van der Waals surface area contributed by atoms with E-state index in [9.17, 15) is 0 Å². The molecule has 3 nitrogen and oxygen atoms in total. The van der Waals surface area contributed by atoms with Gasteiger partial charge in [0.05, 0.1) is 6.61 Å². The molecule has 2 N–H and O–H groups in total. The summed E-state index contributed by atoms with van der Waals surface area (Å²) in [5, 5.41) is 17.7. The Morgan fingerprint density at radius 2 is 2.31 bits per heavy atom. The third-order valence-electron chi connectivity index (χ3n) is 1.53. The van der Waals surface area contributed by atoms with E-state index < -0.39 is 19.6 Å². The molecule has 0 aliphatic carbocycles. The standard InChI is InChI=1S/C10H14O3/c1-8-4-2-3-5-10(8)13-7-9(12)6-11/h2-5,9,11-12H,6-7H2,1H3/i1D3. The smallest absolute Gasteiger partial charge is 0.122 e. The van der Waals surface area contributed by atoms with Crippen molar-refractivity contribution in [1.29, 1.82) is 0 Å². The van der Waals surface area contributed by atoms with Gasteiger partial charge in [0.2, 0.25) is 0 Å². The molecule has 0 radical (unpaired) electrons. The van der Waals surface area contributed by atoms with Crippen molar-refractivity contribution >= 4 is 0 Å². The summed E-state index contributed by atoms with van der Waals surface area (Å²) in [6.45, 7) is -2.81. The third-order valence-corrected chi connectivity index (χ3v) is 1.53. The van der Waals surface area contributed by atoms with Crippen LogP contribution in [-0.4, -0.2) is 29.5 Å². The molecule has 0 aliphatic rings. The molecule has 0 spiro atoms. The summed E-state index contributed by atoms with van der Waals surface area (Å²) in [7, 11) is 0. The van der Waals surface area contributed by atoms with Crippen LogP contribution in [0.2, 0.25) is 0 Å². The molecule has 0 aliphatic heterocycles. The SMILES string of the molecule is [2H]C([2H])([2H])c1ccccc1OCC(O)CO. The van der Waals surface area contributed by atoms with Crippen LogP contribution in [0.5, 0.6) is 5.75 Å². The molecule has 1 atom stereocenters. The molecule has 3 heteroatoms. The average molecular weight is 185 g/mol. The summed E-state index contributed by atoms with van der Waals surface area (Å²) in [5.74, 6) is 0.204. The van der Waals surface area contributed by atoms with E-state index in [2.05, 4.69) is 0 Å². The average Bonchev–Trinajstić information content (AvgIpc) is 2.25. The van der Waals surface area contributed by atoms with Crippen molar-refractivity contribution in [3.05, 3.63) is 29.8 Å². The Morgan fingerprint density at radius 1 is 1.54 bits per heavy atom. The zero-order chi connectivity index (χ0) is 12.2. The predicted molar refractivity (Wildman–Crippen MR) is 49.8 cm³/mol. The van der Waals surface area contributed by atoms with Gasteiger partial charge in [-0.1, -0.05) is 18.2 Å². The van der Waals surface area contributed by atoms with Gasteiger partial charge in [0.25, 0.3) is 0 Å². The highest BCUT2D eigenvalue weighted by atomic mass is 16.5. The molecule has 1 aromatic rings. The van der Waals surface area contributed by atoms with Crippen LogP contribution in [0, 0.1) is 6.85 Å². The second kappa shape index (κ2) is 4.84. The molecule has 0 amide bonds. The number of hydrogen-bond donors (Lipinski definition) is 2. The summed E-state index contributed by atoms with van der Waals surface area (Å²) in [4.78, 5) is 0. The quantitative estimate of drug-likeness (QED) is 0.727. The lowest BCUT2D eigenvalue weighted by Crippen LogP contribution is -2.21. The van der Waals surface area contributed by atoms with Crippen molar-refractivity contribution in [3.63, 3.8) is 0 Å². The molecule has 1 unspecified atom stereocenters. The number of aryl methyl sites for hydroxylation is 1. The largest absolute Gasteiger partial charge is 0.491 e. The van der Waals surface area contributed by atoms with Gasteiger partial charge in [-0.15, -0.1) is 0 Å². The maximum Gasteiger partial charge on any atom is 0.122 e. The summed E-state index contributed by atoms with van der Waals surface area (Å²) in [6.07, 6.45) is -1.01. The Balaban J connectivity index is 2.80. The minimum absolute atomic E-state index is 0.0974. The zero-order valence-electron chi connectivity index (χ0n) is 10.1. The van der Waals surface area contributed by atoms with Gasteiger partial charge in [-0.2, -0.15) is 0 Å². The lowest BCUT2D eigenvalue weighted by molar-refractivity contribution is 0.0534. The molecule has 72 valence electrons. The van der Waals surface area contributed by atoms with Crippen molar-refractivity contribution in [1.82, 2.24) is 0 Å². The Bertz CT molecular complexity index is 338. The van der Waals surface area contributed by atoms with E-state index >= 15 is 0 Å². The van der Waals surface area contributed by atoms with E-state index in [0.29, 0.717) is 0 Å². The lowest BCUT2D eigenvalue weighted by atomic mass is 10.2. The Hall–Kier alpha value is -1.06. The monoisotopic (exact) mass is 185 g/mol. The fraction of sp³-hybridized carbons (Fsp3) is 0.400. The van der Waals surface area contributed by atoms with E-state index in [1.165, 1.54) is 12.1 Å². The van der Waals surface area contributed by atoms with Crippen LogP contribution < -0.4 is 4.74 Å². The molecule has 0 aromatic heterocycles. The van der Waals surface area contributed by atoms with Crippen molar-refractivity contribution < 1.29 is 19.1 Å². The van der Waals surface area contributed by atoms with E-state index in [1.54, 1.807) is 12.1 Å². The summed E-state index contributed by atoms with van der Waals surface area (Å²) in [5.41, 5.74) is 0.0974. The van der Waals surface area contributed by atoms with Gasteiger partial charge < -0.3 is 14.9 Å². The zero-order valence-corrected chi connectivity index (χ0v) is 7.10. The normalized spacial score (nSPS) is 16.9. The summed E-state index contributed by atoms with van der Waals surface area (Å²) in [6, 6.07) is 6.23. The first-order chi connectivity index (χ1) is 7.45. The Kier molecular flexibility index (Phi) is 2.38. The molecule has 13 heavy (non-hydrogen) atoms. The third kappa shape index (κ3) is 3.05. The highest BCUT2D eigenvalue weighted by molar-refractivity contribution is 5.31. The summed E-state index contributed by atoms with van der Waals surface area (Å²) < 4.78 is 27.0. The van der Waals surface area contributed by atoms with Gasteiger partial charge in [0, 0.05) is 4.11 Å². The van der Waals surface area contributed by atoms with Crippen molar-refractivity contribution in [2.75, 3.05) is 13.2 Å². The van der Waals surface area contributed by atoms with Gasteiger partial charge in [-0.25, -0.2) is 0 Å². The highest BCUT2D eigenvalue weighted by Crippen LogP contribution is 2.15. The van der Waals surface area contributed by atoms with E-state index in [1.807, 2.05) is 0 Å². The number of hydrogen-bond acceptors (Lipinski definition) is 3. The first kappa shape index (κ1) is 6.40. The number of ether oxygens (including phenoxy) is 1. The first-order valence-electron chi connectivity index (χ1n) is 5.46. The fourth-order valence-electron chi connectivity index (χ4n) is 0.831. The maximum absolute atomic E-state index is 9.10. The number of aliphatic hydroxyl groups is 2. The lowest BCUT2D eigenvalue weighted by Gasteiger charge is -2.11. The predicted octanol–water partition coefficient (Wildman–Crippen LogP) is 0.727. The van der Waals surface area contributed by atoms with E-state index in [4.69, 9.17) is 19.1 Å². The molecule has 0 fully saturated rings. The molecule has 0 heterocycles. The first-order valence-corrected chi connectivity index (χ1v) is 3.96. The molecule has 0 saturated heterocycles. The highest BCUT2D eigenvalue weighted by Gasteiger charge is 2.03. The van der Waals surface area contributed by atoms with Crippen LogP contribution in [0.3, 0.4) is 0 Å². The van der Waals surface area contributed by atoms with Gasteiger partial charge >= 0.3 is 0 Å². The second-order valence-electron chi connectivity index (χ2n) is 2.64. The Labute approximate surface area is 81.8 Å². The number of aliphatic hydroxyl groups excluding tert-OH is 2. The van der Waals surface area contributed by atoms with Crippen LogP contribution in [0.25, 0.3) is 0 Å². The maximum atomic E-state index is 9.10. The van der Waals surface area contributed by atoms with Crippen LogP contribution in [0.4, 0.5) is 0 Å². The van der Waals surface area contributed by atoms with E-state index in [0.717, 1.165) is 0 Å². The van der Waals surface area contributed by atoms with Gasteiger partial charge in [0.15, 0.2) is 0 Å². The molecular formula is C10H14O3.